The fourth-order valence-corrected chi connectivity index (χ4v) is 4.00. The van der Waals surface area contributed by atoms with E-state index in [9.17, 15) is 8.42 Å². The first kappa shape index (κ1) is 18.6. The van der Waals surface area contributed by atoms with E-state index in [1.165, 1.54) is 0 Å². The number of guanidine groups is 1. The van der Waals surface area contributed by atoms with Gasteiger partial charge in [0, 0.05) is 44.2 Å². The topological polar surface area (TPSA) is 73.8 Å². The number of hydrogen-bond donors (Lipinski definition) is 2. The summed E-state index contributed by atoms with van der Waals surface area (Å²) in [6.07, 6.45) is 0. The van der Waals surface area contributed by atoms with E-state index < -0.39 is 10.0 Å². The van der Waals surface area contributed by atoms with Gasteiger partial charge in [-0.2, -0.15) is 11.8 Å². The van der Waals surface area contributed by atoms with Crippen molar-refractivity contribution >= 4 is 27.7 Å². The third-order valence-corrected chi connectivity index (χ3v) is 6.40. The highest BCUT2D eigenvalue weighted by Crippen LogP contribution is 2.24. The molecule has 1 atom stereocenters. The summed E-state index contributed by atoms with van der Waals surface area (Å²) in [6, 6.07) is 0. The molecule has 1 aliphatic rings. The van der Waals surface area contributed by atoms with Crippen LogP contribution in [0.5, 0.6) is 0 Å². The zero-order valence-electron chi connectivity index (χ0n) is 13.4. The van der Waals surface area contributed by atoms with Gasteiger partial charge in [0.05, 0.1) is 5.75 Å². The van der Waals surface area contributed by atoms with Crippen LogP contribution in [-0.4, -0.2) is 69.3 Å². The van der Waals surface area contributed by atoms with Crippen molar-refractivity contribution < 1.29 is 8.42 Å². The number of thioether (sulfide) groups is 1. The lowest BCUT2D eigenvalue weighted by molar-refractivity contribution is 0.381. The van der Waals surface area contributed by atoms with E-state index in [2.05, 4.69) is 33.8 Å². The molecule has 8 heteroatoms. The Hall–Kier alpha value is -0.470. The van der Waals surface area contributed by atoms with E-state index in [4.69, 9.17) is 0 Å². The second kappa shape index (κ2) is 8.85. The van der Waals surface area contributed by atoms with Crippen molar-refractivity contribution in [2.45, 2.75) is 26.0 Å². The maximum atomic E-state index is 11.4. The van der Waals surface area contributed by atoms with Crippen LogP contribution in [0, 0.1) is 5.92 Å². The van der Waals surface area contributed by atoms with Crippen molar-refractivity contribution in [1.29, 1.82) is 0 Å². The van der Waals surface area contributed by atoms with Crippen LogP contribution < -0.4 is 10.0 Å². The van der Waals surface area contributed by atoms with Gasteiger partial charge in [-0.1, -0.05) is 13.8 Å². The van der Waals surface area contributed by atoms with Gasteiger partial charge in [0.15, 0.2) is 5.96 Å². The fourth-order valence-electron chi connectivity index (χ4n) is 2.09. The largest absolute Gasteiger partial charge is 0.355 e. The summed E-state index contributed by atoms with van der Waals surface area (Å²) in [4.78, 5) is 6.56. The van der Waals surface area contributed by atoms with Crippen LogP contribution in [0.15, 0.2) is 4.99 Å². The van der Waals surface area contributed by atoms with E-state index in [0.717, 1.165) is 24.8 Å². The highest BCUT2D eigenvalue weighted by atomic mass is 32.2. The lowest BCUT2D eigenvalue weighted by Gasteiger charge is -2.36. The van der Waals surface area contributed by atoms with Gasteiger partial charge in [-0.15, -0.1) is 0 Å². The summed E-state index contributed by atoms with van der Waals surface area (Å²) in [5.41, 5.74) is 0. The molecular formula is C13H28N4O2S2. The van der Waals surface area contributed by atoms with E-state index in [0.29, 0.717) is 24.3 Å². The number of nitrogens with zero attached hydrogens (tertiary/aromatic N) is 2. The average Bonchev–Trinajstić information content (AvgIpc) is 2.47. The number of rotatable bonds is 6. The first-order valence-electron chi connectivity index (χ1n) is 7.44. The Kier molecular flexibility index (Phi) is 7.83. The van der Waals surface area contributed by atoms with Gasteiger partial charge < -0.3 is 10.2 Å². The van der Waals surface area contributed by atoms with E-state index in [1.807, 2.05) is 11.8 Å². The summed E-state index contributed by atoms with van der Waals surface area (Å²) >= 11 is 2.02. The van der Waals surface area contributed by atoms with Crippen molar-refractivity contribution in [2.75, 3.05) is 44.7 Å². The second-order valence-corrected chi connectivity index (χ2v) is 8.81. The van der Waals surface area contributed by atoms with Gasteiger partial charge in [0.1, 0.15) is 0 Å². The SMILES string of the molecule is CCS(=O)(=O)NCCNC(=NC)N1CCSC(C(C)C)C1. The van der Waals surface area contributed by atoms with Crippen LogP contribution in [0.2, 0.25) is 0 Å². The Balaban J connectivity index is 2.41. The standard InChI is InChI=1S/C13H28N4O2S2/c1-5-21(18,19)16-7-6-15-13(14-4)17-8-9-20-12(10-17)11(2)3/h11-12,16H,5-10H2,1-4H3,(H,14,15). The Bertz CT molecular complexity index is 437. The van der Waals surface area contributed by atoms with Crippen molar-refractivity contribution in [3.63, 3.8) is 0 Å². The molecule has 0 amide bonds. The molecule has 1 unspecified atom stereocenters. The minimum absolute atomic E-state index is 0.112. The number of aliphatic imine (C=N–C) groups is 1. The molecule has 0 aromatic heterocycles. The zero-order valence-corrected chi connectivity index (χ0v) is 15.1. The molecule has 0 bridgehead atoms. The number of hydrogen-bond acceptors (Lipinski definition) is 4. The lowest BCUT2D eigenvalue weighted by atomic mass is 10.1. The van der Waals surface area contributed by atoms with Gasteiger partial charge in [0.25, 0.3) is 0 Å². The van der Waals surface area contributed by atoms with Gasteiger partial charge in [-0.25, -0.2) is 13.1 Å². The minimum atomic E-state index is -3.12. The minimum Gasteiger partial charge on any atom is -0.355 e. The molecule has 0 spiro atoms. The van der Waals surface area contributed by atoms with Gasteiger partial charge >= 0.3 is 0 Å². The smallest absolute Gasteiger partial charge is 0.211 e. The highest BCUT2D eigenvalue weighted by molar-refractivity contribution is 8.00. The molecule has 0 saturated carbocycles. The molecule has 0 aromatic carbocycles. The maximum Gasteiger partial charge on any atom is 0.211 e. The molecule has 124 valence electrons. The van der Waals surface area contributed by atoms with E-state index in [1.54, 1.807) is 14.0 Å². The van der Waals surface area contributed by atoms with Crippen LogP contribution in [0.25, 0.3) is 0 Å². The summed E-state index contributed by atoms with van der Waals surface area (Å²) in [5, 5.41) is 3.86. The van der Waals surface area contributed by atoms with Crippen LogP contribution >= 0.6 is 11.8 Å². The predicted molar refractivity (Wildman–Crippen MR) is 91.5 cm³/mol. The van der Waals surface area contributed by atoms with E-state index >= 15 is 0 Å². The summed E-state index contributed by atoms with van der Waals surface area (Å²) in [5.74, 6) is 2.72. The summed E-state index contributed by atoms with van der Waals surface area (Å²) in [6.45, 7) is 9.02. The van der Waals surface area contributed by atoms with Gasteiger partial charge in [-0.05, 0) is 12.8 Å². The van der Waals surface area contributed by atoms with Crippen molar-refractivity contribution in [1.82, 2.24) is 14.9 Å². The lowest BCUT2D eigenvalue weighted by Crippen LogP contribution is -2.50. The molecule has 1 saturated heterocycles. The third-order valence-electron chi connectivity index (χ3n) is 3.46. The summed E-state index contributed by atoms with van der Waals surface area (Å²) < 4.78 is 25.3. The monoisotopic (exact) mass is 336 g/mol. The zero-order chi connectivity index (χ0) is 15.9. The predicted octanol–water partition coefficient (Wildman–Crippen LogP) is 0.575. The molecule has 1 aliphatic heterocycles. The molecule has 6 nitrogen and oxygen atoms in total. The molecule has 0 radical (unpaired) electrons. The first-order valence-corrected chi connectivity index (χ1v) is 10.1. The Labute approximate surface area is 133 Å². The molecule has 21 heavy (non-hydrogen) atoms. The van der Waals surface area contributed by atoms with Gasteiger partial charge in [0.2, 0.25) is 10.0 Å². The molecule has 0 aliphatic carbocycles. The number of nitrogens with one attached hydrogen (secondary N) is 2. The molecule has 1 rings (SSSR count). The Morgan fingerprint density at radius 3 is 2.71 bits per heavy atom. The molecule has 1 heterocycles. The average molecular weight is 337 g/mol. The third kappa shape index (κ3) is 6.44. The quantitative estimate of drug-likeness (QED) is 0.421. The van der Waals surface area contributed by atoms with Crippen molar-refractivity contribution in [2.24, 2.45) is 10.9 Å². The molecule has 2 N–H and O–H groups in total. The summed E-state index contributed by atoms with van der Waals surface area (Å²) in [7, 11) is -1.35. The number of sulfonamides is 1. The maximum absolute atomic E-state index is 11.4. The van der Waals surface area contributed by atoms with Gasteiger partial charge in [-0.3, -0.25) is 4.99 Å². The normalized spacial score (nSPS) is 20.9. The first-order chi connectivity index (χ1) is 9.89. The van der Waals surface area contributed by atoms with Crippen LogP contribution in [-0.2, 0) is 10.0 Å². The van der Waals surface area contributed by atoms with Crippen LogP contribution in [0.3, 0.4) is 0 Å². The van der Waals surface area contributed by atoms with Crippen LogP contribution in [0.1, 0.15) is 20.8 Å². The van der Waals surface area contributed by atoms with Crippen LogP contribution in [0.4, 0.5) is 0 Å². The highest BCUT2D eigenvalue weighted by Gasteiger charge is 2.24. The Morgan fingerprint density at radius 1 is 1.43 bits per heavy atom. The van der Waals surface area contributed by atoms with E-state index in [-0.39, 0.29) is 5.75 Å². The molecule has 0 aromatic rings. The fraction of sp³-hybridized carbons (Fsp3) is 0.923. The molecule has 1 fully saturated rings. The molecular weight excluding hydrogens is 308 g/mol. The van der Waals surface area contributed by atoms with Crippen molar-refractivity contribution in [3.8, 4) is 0 Å². The second-order valence-electron chi connectivity index (χ2n) is 5.37. The Morgan fingerprint density at radius 2 is 2.14 bits per heavy atom. The van der Waals surface area contributed by atoms with Crippen molar-refractivity contribution in [3.05, 3.63) is 0 Å².